The lowest BCUT2D eigenvalue weighted by Crippen LogP contribution is -2.14. The molecule has 0 aliphatic heterocycles. The second-order valence-electron chi connectivity index (χ2n) is 4.32. The standard InChI is InChI=1S/C14H14FN3O/c1-9-13(10(2)19-18-9)8-17-7-12-4-3-11(6-16)5-14(12)15/h3-5,17H,7-8H2,1-2H3. The zero-order valence-electron chi connectivity index (χ0n) is 10.8. The maximum absolute atomic E-state index is 13.6. The quantitative estimate of drug-likeness (QED) is 0.916. The van der Waals surface area contributed by atoms with Crippen LogP contribution in [0.4, 0.5) is 4.39 Å². The first-order valence-electron chi connectivity index (χ1n) is 5.93. The summed E-state index contributed by atoms with van der Waals surface area (Å²) in [5.41, 5.74) is 2.69. The Bertz CT molecular complexity index is 609. The molecule has 5 heteroatoms. The van der Waals surface area contributed by atoms with Crippen LogP contribution in [0.25, 0.3) is 0 Å². The lowest BCUT2D eigenvalue weighted by atomic mass is 10.1. The zero-order chi connectivity index (χ0) is 13.8. The van der Waals surface area contributed by atoms with Crippen molar-refractivity contribution in [3.8, 4) is 6.07 Å². The Kier molecular flexibility index (Phi) is 3.93. The van der Waals surface area contributed by atoms with Crippen molar-refractivity contribution in [1.82, 2.24) is 10.5 Å². The molecule has 0 aliphatic rings. The van der Waals surface area contributed by atoms with Crippen molar-refractivity contribution in [3.63, 3.8) is 0 Å². The Morgan fingerprint density at radius 3 is 2.74 bits per heavy atom. The third-order valence-electron chi connectivity index (χ3n) is 2.98. The van der Waals surface area contributed by atoms with E-state index in [-0.39, 0.29) is 5.82 Å². The molecule has 0 aliphatic carbocycles. The molecule has 1 aromatic heterocycles. The van der Waals surface area contributed by atoms with Gasteiger partial charge in [-0.05, 0) is 26.0 Å². The van der Waals surface area contributed by atoms with Gasteiger partial charge in [0.05, 0.1) is 17.3 Å². The average Bonchev–Trinajstić information content (AvgIpc) is 2.72. The maximum Gasteiger partial charge on any atom is 0.138 e. The fourth-order valence-electron chi connectivity index (χ4n) is 1.84. The van der Waals surface area contributed by atoms with Crippen molar-refractivity contribution < 1.29 is 8.91 Å². The predicted molar refractivity (Wildman–Crippen MR) is 67.6 cm³/mol. The number of nitrogens with one attached hydrogen (secondary N) is 1. The van der Waals surface area contributed by atoms with Crippen LogP contribution in [0.5, 0.6) is 0 Å². The van der Waals surface area contributed by atoms with E-state index < -0.39 is 0 Å². The Morgan fingerprint density at radius 1 is 1.37 bits per heavy atom. The number of halogens is 1. The predicted octanol–water partition coefficient (Wildman–Crippen LogP) is 2.59. The van der Waals surface area contributed by atoms with E-state index in [2.05, 4.69) is 10.5 Å². The normalized spacial score (nSPS) is 10.4. The number of nitriles is 1. The van der Waals surface area contributed by atoms with Crippen LogP contribution in [0.3, 0.4) is 0 Å². The highest BCUT2D eigenvalue weighted by molar-refractivity contribution is 5.32. The van der Waals surface area contributed by atoms with Crippen LogP contribution in [0.2, 0.25) is 0 Å². The van der Waals surface area contributed by atoms with Crippen LogP contribution in [0.1, 0.15) is 28.1 Å². The minimum atomic E-state index is -0.370. The highest BCUT2D eigenvalue weighted by Gasteiger charge is 2.09. The minimum Gasteiger partial charge on any atom is -0.361 e. The molecule has 2 rings (SSSR count). The van der Waals surface area contributed by atoms with Gasteiger partial charge in [0.1, 0.15) is 11.6 Å². The van der Waals surface area contributed by atoms with Gasteiger partial charge in [-0.15, -0.1) is 0 Å². The Hall–Kier alpha value is -2.19. The Morgan fingerprint density at radius 2 is 2.16 bits per heavy atom. The van der Waals surface area contributed by atoms with Crippen molar-refractivity contribution in [2.45, 2.75) is 26.9 Å². The van der Waals surface area contributed by atoms with E-state index in [1.165, 1.54) is 6.07 Å². The van der Waals surface area contributed by atoms with Crippen molar-refractivity contribution in [1.29, 1.82) is 5.26 Å². The average molecular weight is 259 g/mol. The van der Waals surface area contributed by atoms with Crippen LogP contribution in [-0.2, 0) is 13.1 Å². The number of nitrogens with zero attached hydrogens (tertiary/aromatic N) is 2. The van der Waals surface area contributed by atoms with Gasteiger partial charge in [0.2, 0.25) is 0 Å². The van der Waals surface area contributed by atoms with Gasteiger partial charge in [0.25, 0.3) is 0 Å². The summed E-state index contributed by atoms with van der Waals surface area (Å²) >= 11 is 0. The second kappa shape index (κ2) is 5.63. The number of aryl methyl sites for hydroxylation is 2. The highest BCUT2D eigenvalue weighted by atomic mass is 19.1. The molecule has 0 fully saturated rings. The molecule has 98 valence electrons. The van der Waals surface area contributed by atoms with Crippen molar-refractivity contribution in [2.24, 2.45) is 0 Å². The lowest BCUT2D eigenvalue weighted by molar-refractivity contribution is 0.392. The van der Waals surface area contributed by atoms with Crippen LogP contribution in [0.15, 0.2) is 22.7 Å². The van der Waals surface area contributed by atoms with Crippen LogP contribution >= 0.6 is 0 Å². The topological polar surface area (TPSA) is 61.9 Å². The van der Waals surface area contributed by atoms with Crippen LogP contribution in [-0.4, -0.2) is 5.16 Å². The molecule has 1 aromatic carbocycles. The summed E-state index contributed by atoms with van der Waals surface area (Å²) in [6.07, 6.45) is 0. The molecular formula is C14H14FN3O. The van der Waals surface area contributed by atoms with Crippen molar-refractivity contribution >= 4 is 0 Å². The number of benzene rings is 1. The molecule has 0 unspecified atom stereocenters. The van der Waals surface area contributed by atoms with Gasteiger partial charge >= 0.3 is 0 Å². The van der Waals surface area contributed by atoms with Gasteiger partial charge in [-0.3, -0.25) is 0 Å². The maximum atomic E-state index is 13.6. The number of aromatic nitrogens is 1. The molecule has 0 atom stereocenters. The van der Waals surface area contributed by atoms with Gasteiger partial charge in [0, 0.05) is 24.2 Å². The van der Waals surface area contributed by atoms with Gasteiger partial charge < -0.3 is 9.84 Å². The third kappa shape index (κ3) is 2.98. The molecule has 0 amide bonds. The van der Waals surface area contributed by atoms with E-state index >= 15 is 0 Å². The fourth-order valence-corrected chi connectivity index (χ4v) is 1.84. The van der Waals surface area contributed by atoms with Gasteiger partial charge in [-0.1, -0.05) is 11.2 Å². The van der Waals surface area contributed by atoms with E-state index in [1.807, 2.05) is 19.9 Å². The largest absolute Gasteiger partial charge is 0.361 e. The number of hydrogen-bond acceptors (Lipinski definition) is 4. The molecule has 0 saturated carbocycles. The van der Waals surface area contributed by atoms with E-state index in [4.69, 9.17) is 9.78 Å². The molecule has 1 N–H and O–H groups in total. The van der Waals surface area contributed by atoms with Gasteiger partial charge in [-0.25, -0.2) is 4.39 Å². The first kappa shape index (κ1) is 13.2. The number of hydrogen-bond donors (Lipinski definition) is 1. The SMILES string of the molecule is Cc1noc(C)c1CNCc1ccc(C#N)cc1F. The van der Waals surface area contributed by atoms with E-state index in [0.717, 1.165) is 17.0 Å². The summed E-state index contributed by atoms with van der Waals surface area (Å²) in [6.45, 7) is 4.68. The number of rotatable bonds is 4. The molecule has 1 heterocycles. The van der Waals surface area contributed by atoms with Gasteiger partial charge in [-0.2, -0.15) is 5.26 Å². The van der Waals surface area contributed by atoms with Gasteiger partial charge in [0.15, 0.2) is 0 Å². The summed E-state index contributed by atoms with van der Waals surface area (Å²) in [6, 6.07) is 6.38. The van der Waals surface area contributed by atoms with E-state index in [0.29, 0.717) is 24.2 Å². The van der Waals surface area contributed by atoms with E-state index in [1.54, 1.807) is 12.1 Å². The molecule has 0 saturated heterocycles. The fraction of sp³-hybridized carbons (Fsp3) is 0.286. The van der Waals surface area contributed by atoms with Crippen LogP contribution < -0.4 is 5.32 Å². The first-order chi connectivity index (χ1) is 9.11. The molecular weight excluding hydrogens is 245 g/mol. The lowest BCUT2D eigenvalue weighted by Gasteiger charge is -2.06. The molecule has 0 radical (unpaired) electrons. The van der Waals surface area contributed by atoms with Crippen molar-refractivity contribution in [2.75, 3.05) is 0 Å². The summed E-state index contributed by atoms with van der Waals surface area (Å²) in [5, 5.41) is 15.7. The second-order valence-corrected chi connectivity index (χ2v) is 4.32. The Labute approximate surface area is 110 Å². The molecule has 0 bridgehead atoms. The third-order valence-corrected chi connectivity index (χ3v) is 2.98. The Balaban J connectivity index is 1.99. The first-order valence-corrected chi connectivity index (χ1v) is 5.93. The zero-order valence-corrected chi connectivity index (χ0v) is 10.8. The molecule has 4 nitrogen and oxygen atoms in total. The minimum absolute atomic E-state index is 0.326. The molecule has 2 aromatic rings. The highest BCUT2D eigenvalue weighted by Crippen LogP contribution is 2.13. The molecule has 0 spiro atoms. The summed E-state index contributed by atoms with van der Waals surface area (Å²) in [5.74, 6) is 0.399. The smallest absolute Gasteiger partial charge is 0.138 e. The summed E-state index contributed by atoms with van der Waals surface area (Å²) in [7, 11) is 0. The monoisotopic (exact) mass is 259 g/mol. The van der Waals surface area contributed by atoms with Crippen LogP contribution in [0, 0.1) is 31.0 Å². The molecule has 19 heavy (non-hydrogen) atoms. The summed E-state index contributed by atoms with van der Waals surface area (Å²) in [4.78, 5) is 0. The van der Waals surface area contributed by atoms with E-state index in [9.17, 15) is 4.39 Å². The van der Waals surface area contributed by atoms with Crippen molar-refractivity contribution in [3.05, 3.63) is 52.2 Å². The summed E-state index contributed by atoms with van der Waals surface area (Å²) < 4.78 is 18.7.